The monoisotopic (exact) mass is 296 g/mol. The van der Waals surface area contributed by atoms with Gasteiger partial charge in [0.15, 0.2) is 0 Å². The number of hydrogen-bond donors (Lipinski definition) is 3. The molecule has 5 nitrogen and oxygen atoms in total. The van der Waals surface area contributed by atoms with Crippen LogP contribution < -0.4 is 16.0 Å². The van der Waals surface area contributed by atoms with Crippen LogP contribution in [-0.4, -0.2) is 30.0 Å². The van der Waals surface area contributed by atoms with Crippen LogP contribution in [0, 0.1) is 0 Å². The van der Waals surface area contributed by atoms with E-state index in [1.54, 1.807) is 25.4 Å². The van der Waals surface area contributed by atoms with Crippen LogP contribution in [0.1, 0.15) is 23.2 Å². The molecule has 2 aromatic rings. The molecule has 1 aliphatic rings. The molecule has 1 aliphatic carbocycles. The molecule has 1 fully saturated rings. The molecule has 1 saturated carbocycles. The van der Waals surface area contributed by atoms with E-state index in [-0.39, 0.29) is 5.91 Å². The first-order valence-electron chi connectivity index (χ1n) is 7.51. The molecule has 1 amide bonds. The summed E-state index contributed by atoms with van der Waals surface area (Å²) in [5.74, 6) is 0.659. The first-order chi connectivity index (χ1) is 10.7. The third kappa shape index (κ3) is 3.36. The second kappa shape index (κ2) is 6.47. The molecule has 5 heteroatoms. The van der Waals surface area contributed by atoms with Crippen molar-refractivity contribution in [3.05, 3.63) is 54.2 Å². The van der Waals surface area contributed by atoms with Crippen molar-refractivity contribution in [2.75, 3.05) is 17.7 Å². The molecule has 1 aromatic carbocycles. The van der Waals surface area contributed by atoms with Crippen molar-refractivity contribution in [2.45, 2.75) is 24.9 Å². The zero-order valence-corrected chi connectivity index (χ0v) is 12.5. The van der Waals surface area contributed by atoms with Gasteiger partial charge in [0, 0.05) is 36.6 Å². The smallest absolute Gasteiger partial charge is 0.251 e. The number of carbonyl (C=O) groups excluding carboxylic acids is 1. The molecule has 0 bridgehead atoms. The Hall–Kier alpha value is -2.56. The number of rotatable bonds is 5. The average Bonchev–Trinajstić information content (AvgIpc) is 2.53. The van der Waals surface area contributed by atoms with E-state index in [0.717, 1.165) is 24.3 Å². The standard InChI is InChI=1S/C17H20N4O/c1-18-17(22)12-7-8-19-16(9-12)21-15-10-14(11-15)20-13-5-3-2-4-6-13/h2-9,14-15,20H,10-11H2,1H3,(H,18,22)(H,19,21). The van der Waals surface area contributed by atoms with Crippen LogP contribution in [0.15, 0.2) is 48.7 Å². The highest BCUT2D eigenvalue weighted by atomic mass is 16.1. The lowest BCUT2D eigenvalue weighted by Gasteiger charge is -2.37. The molecule has 1 aromatic heterocycles. The highest BCUT2D eigenvalue weighted by Gasteiger charge is 2.29. The van der Waals surface area contributed by atoms with Crippen LogP contribution in [-0.2, 0) is 0 Å². The van der Waals surface area contributed by atoms with E-state index in [2.05, 4.69) is 33.1 Å². The third-order valence-electron chi connectivity index (χ3n) is 3.88. The zero-order chi connectivity index (χ0) is 15.4. The number of benzene rings is 1. The normalized spacial score (nSPS) is 19.9. The van der Waals surface area contributed by atoms with Gasteiger partial charge in [-0.15, -0.1) is 0 Å². The van der Waals surface area contributed by atoms with Crippen LogP contribution in [0.3, 0.4) is 0 Å². The topological polar surface area (TPSA) is 66.0 Å². The van der Waals surface area contributed by atoms with Crippen molar-refractivity contribution in [1.29, 1.82) is 0 Å². The van der Waals surface area contributed by atoms with Crippen LogP contribution in [0.25, 0.3) is 0 Å². The van der Waals surface area contributed by atoms with Gasteiger partial charge in [0.25, 0.3) is 5.91 Å². The fourth-order valence-electron chi connectivity index (χ4n) is 2.63. The summed E-state index contributed by atoms with van der Waals surface area (Å²) >= 11 is 0. The van der Waals surface area contributed by atoms with Gasteiger partial charge >= 0.3 is 0 Å². The Bertz CT molecular complexity index is 638. The first kappa shape index (κ1) is 14.4. The Morgan fingerprint density at radius 1 is 1.09 bits per heavy atom. The molecule has 22 heavy (non-hydrogen) atoms. The summed E-state index contributed by atoms with van der Waals surface area (Å²) < 4.78 is 0. The lowest BCUT2D eigenvalue weighted by molar-refractivity contribution is 0.0963. The van der Waals surface area contributed by atoms with Crippen molar-refractivity contribution < 1.29 is 4.79 Å². The van der Waals surface area contributed by atoms with Gasteiger partial charge in [-0.05, 0) is 37.1 Å². The van der Waals surface area contributed by atoms with Crippen molar-refractivity contribution in [3.8, 4) is 0 Å². The minimum Gasteiger partial charge on any atom is -0.382 e. The fraction of sp³-hybridized carbons (Fsp3) is 0.294. The number of pyridine rings is 1. The molecule has 0 spiro atoms. The summed E-state index contributed by atoms with van der Waals surface area (Å²) in [7, 11) is 1.63. The summed E-state index contributed by atoms with van der Waals surface area (Å²) in [6, 6.07) is 14.6. The molecule has 0 atom stereocenters. The number of amides is 1. The number of nitrogens with zero attached hydrogens (tertiary/aromatic N) is 1. The molecule has 0 saturated heterocycles. The SMILES string of the molecule is CNC(=O)c1ccnc(NC2CC(Nc3ccccc3)C2)c1. The number of hydrogen-bond acceptors (Lipinski definition) is 4. The van der Waals surface area contributed by atoms with Crippen molar-refractivity contribution in [3.63, 3.8) is 0 Å². The molecule has 0 unspecified atom stereocenters. The van der Waals surface area contributed by atoms with Crippen LogP contribution >= 0.6 is 0 Å². The summed E-state index contributed by atoms with van der Waals surface area (Å²) in [5.41, 5.74) is 1.78. The maximum absolute atomic E-state index is 11.6. The molecule has 0 radical (unpaired) electrons. The number of nitrogens with one attached hydrogen (secondary N) is 3. The summed E-state index contributed by atoms with van der Waals surface area (Å²) in [4.78, 5) is 15.9. The van der Waals surface area contributed by atoms with Gasteiger partial charge in [0.05, 0.1) is 0 Å². The quantitative estimate of drug-likeness (QED) is 0.793. The molecule has 3 rings (SSSR count). The van der Waals surface area contributed by atoms with E-state index < -0.39 is 0 Å². The predicted octanol–water partition coefficient (Wildman–Crippen LogP) is 2.50. The second-order valence-corrected chi connectivity index (χ2v) is 5.53. The van der Waals surface area contributed by atoms with Gasteiger partial charge < -0.3 is 16.0 Å². The van der Waals surface area contributed by atoms with Crippen LogP contribution in [0.5, 0.6) is 0 Å². The molecule has 3 N–H and O–H groups in total. The van der Waals surface area contributed by atoms with E-state index in [1.165, 1.54) is 0 Å². The molecule has 114 valence electrons. The summed E-state index contributed by atoms with van der Waals surface area (Å²) in [5, 5.41) is 9.51. The van der Waals surface area contributed by atoms with Gasteiger partial charge in [-0.3, -0.25) is 4.79 Å². The van der Waals surface area contributed by atoms with Crippen LogP contribution in [0.2, 0.25) is 0 Å². The van der Waals surface area contributed by atoms with E-state index in [0.29, 0.717) is 17.6 Å². The molecular weight excluding hydrogens is 276 g/mol. The Morgan fingerprint density at radius 3 is 2.55 bits per heavy atom. The van der Waals surface area contributed by atoms with Gasteiger partial charge in [0.2, 0.25) is 0 Å². The number of anilines is 2. The van der Waals surface area contributed by atoms with Gasteiger partial charge in [-0.1, -0.05) is 18.2 Å². The Morgan fingerprint density at radius 2 is 1.82 bits per heavy atom. The van der Waals surface area contributed by atoms with Gasteiger partial charge in [0.1, 0.15) is 5.82 Å². The maximum atomic E-state index is 11.6. The Kier molecular flexibility index (Phi) is 4.23. The summed E-state index contributed by atoms with van der Waals surface area (Å²) in [6.45, 7) is 0. The minimum absolute atomic E-state index is 0.0947. The Balaban J connectivity index is 1.51. The number of aromatic nitrogens is 1. The Labute approximate surface area is 130 Å². The zero-order valence-electron chi connectivity index (χ0n) is 12.5. The van der Waals surface area contributed by atoms with E-state index in [4.69, 9.17) is 0 Å². The lowest BCUT2D eigenvalue weighted by Crippen LogP contribution is -2.43. The highest BCUT2D eigenvalue weighted by molar-refractivity contribution is 5.94. The minimum atomic E-state index is -0.0947. The number of carbonyl (C=O) groups is 1. The first-order valence-corrected chi connectivity index (χ1v) is 7.51. The molecular formula is C17H20N4O. The summed E-state index contributed by atoms with van der Waals surface area (Å²) in [6.07, 6.45) is 3.74. The van der Waals surface area contributed by atoms with Gasteiger partial charge in [-0.2, -0.15) is 0 Å². The van der Waals surface area contributed by atoms with E-state index in [1.807, 2.05) is 18.2 Å². The average molecular weight is 296 g/mol. The molecule has 0 aliphatic heterocycles. The fourth-order valence-corrected chi connectivity index (χ4v) is 2.63. The molecule has 1 heterocycles. The highest BCUT2D eigenvalue weighted by Crippen LogP contribution is 2.26. The maximum Gasteiger partial charge on any atom is 0.251 e. The van der Waals surface area contributed by atoms with E-state index >= 15 is 0 Å². The van der Waals surface area contributed by atoms with Crippen LogP contribution in [0.4, 0.5) is 11.5 Å². The lowest BCUT2D eigenvalue weighted by atomic mass is 9.86. The third-order valence-corrected chi connectivity index (χ3v) is 3.88. The van der Waals surface area contributed by atoms with Crippen molar-refractivity contribution >= 4 is 17.4 Å². The van der Waals surface area contributed by atoms with Crippen molar-refractivity contribution in [2.24, 2.45) is 0 Å². The number of para-hydroxylation sites is 1. The second-order valence-electron chi connectivity index (χ2n) is 5.53. The largest absolute Gasteiger partial charge is 0.382 e. The predicted molar refractivity (Wildman–Crippen MR) is 88.1 cm³/mol. The van der Waals surface area contributed by atoms with Gasteiger partial charge in [-0.25, -0.2) is 4.98 Å². The van der Waals surface area contributed by atoms with Crippen molar-refractivity contribution in [1.82, 2.24) is 10.3 Å². The van der Waals surface area contributed by atoms with E-state index in [9.17, 15) is 4.79 Å².